The summed E-state index contributed by atoms with van der Waals surface area (Å²) in [6.45, 7) is 3.93. The van der Waals surface area contributed by atoms with E-state index in [0.29, 0.717) is 41.9 Å². The molecule has 0 radical (unpaired) electrons. The van der Waals surface area contributed by atoms with Crippen LogP contribution in [0.25, 0.3) is 0 Å². The number of rotatable bonds is 6. The third-order valence-electron chi connectivity index (χ3n) is 4.88. The second-order valence-corrected chi connectivity index (χ2v) is 10.4. The molecular formula is C20H27FN4O2S2. The van der Waals surface area contributed by atoms with E-state index in [9.17, 15) is 12.8 Å². The number of thiophene rings is 1. The van der Waals surface area contributed by atoms with E-state index in [0.717, 1.165) is 29.7 Å². The maximum atomic E-state index is 13.4. The standard InChI is InChI=1S/C20H27FN4O2S2/c1-15-12-16(6-8-18(15)21)13-23-20(22-2)24-14-17-7-9-19(28-17)29(26,27)25-10-4-3-5-11-25/h6-9,12H,3-5,10-11,13-14H2,1-2H3,(H2,22,23,24). The molecule has 0 amide bonds. The highest BCUT2D eigenvalue weighted by molar-refractivity contribution is 7.91. The van der Waals surface area contributed by atoms with Gasteiger partial charge in [0.25, 0.3) is 10.0 Å². The molecule has 0 aliphatic carbocycles. The maximum Gasteiger partial charge on any atom is 0.252 e. The van der Waals surface area contributed by atoms with Crippen LogP contribution in [-0.2, 0) is 23.1 Å². The molecule has 3 rings (SSSR count). The predicted octanol–water partition coefficient (Wildman–Crippen LogP) is 3.24. The van der Waals surface area contributed by atoms with E-state index in [4.69, 9.17) is 0 Å². The zero-order valence-corrected chi connectivity index (χ0v) is 18.4. The summed E-state index contributed by atoms with van der Waals surface area (Å²) in [4.78, 5) is 5.10. The molecule has 0 bridgehead atoms. The smallest absolute Gasteiger partial charge is 0.252 e. The van der Waals surface area contributed by atoms with E-state index in [1.165, 1.54) is 17.4 Å². The fourth-order valence-electron chi connectivity index (χ4n) is 3.22. The fourth-order valence-corrected chi connectivity index (χ4v) is 6.19. The van der Waals surface area contributed by atoms with Gasteiger partial charge in [0.15, 0.2) is 5.96 Å². The van der Waals surface area contributed by atoms with Crippen LogP contribution in [0.2, 0.25) is 0 Å². The predicted molar refractivity (Wildman–Crippen MR) is 115 cm³/mol. The van der Waals surface area contributed by atoms with Gasteiger partial charge in [-0.3, -0.25) is 4.99 Å². The van der Waals surface area contributed by atoms with Crippen molar-refractivity contribution >= 4 is 27.3 Å². The number of hydrogen-bond acceptors (Lipinski definition) is 4. The summed E-state index contributed by atoms with van der Waals surface area (Å²) in [7, 11) is -1.72. The average molecular weight is 439 g/mol. The van der Waals surface area contributed by atoms with Gasteiger partial charge in [0, 0.05) is 31.6 Å². The summed E-state index contributed by atoms with van der Waals surface area (Å²) in [6, 6.07) is 8.51. The average Bonchev–Trinajstić information content (AvgIpc) is 3.21. The second kappa shape index (κ2) is 9.69. The van der Waals surface area contributed by atoms with Crippen LogP contribution >= 0.6 is 11.3 Å². The van der Waals surface area contributed by atoms with E-state index < -0.39 is 10.0 Å². The summed E-state index contributed by atoms with van der Waals surface area (Å²) in [5, 5.41) is 6.38. The Balaban J connectivity index is 1.55. The van der Waals surface area contributed by atoms with Crippen molar-refractivity contribution in [1.82, 2.24) is 14.9 Å². The van der Waals surface area contributed by atoms with Crippen LogP contribution in [0.1, 0.15) is 35.3 Å². The van der Waals surface area contributed by atoms with Crippen molar-refractivity contribution < 1.29 is 12.8 Å². The number of sulfonamides is 1. The number of hydrogen-bond donors (Lipinski definition) is 2. The number of aliphatic imine (C=N–C) groups is 1. The second-order valence-electron chi connectivity index (χ2n) is 7.05. The lowest BCUT2D eigenvalue weighted by Gasteiger charge is -2.25. The highest BCUT2D eigenvalue weighted by Gasteiger charge is 2.27. The molecule has 2 N–H and O–H groups in total. The van der Waals surface area contributed by atoms with Crippen molar-refractivity contribution in [2.24, 2.45) is 4.99 Å². The summed E-state index contributed by atoms with van der Waals surface area (Å²) in [5.41, 5.74) is 1.56. The molecular weight excluding hydrogens is 411 g/mol. The van der Waals surface area contributed by atoms with E-state index in [-0.39, 0.29) is 5.82 Å². The summed E-state index contributed by atoms with van der Waals surface area (Å²) >= 11 is 1.29. The van der Waals surface area contributed by atoms with Crippen molar-refractivity contribution in [2.45, 2.75) is 43.5 Å². The molecule has 0 spiro atoms. The first-order valence-corrected chi connectivity index (χ1v) is 11.9. The van der Waals surface area contributed by atoms with Gasteiger partial charge in [0.05, 0.1) is 6.54 Å². The van der Waals surface area contributed by atoms with Gasteiger partial charge in [-0.2, -0.15) is 4.31 Å². The lowest BCUT2D eigenvalue weighted by atomic mass is 10.1. The molecule has 158 valence electrons. The van der Waals surface area contributed by atoms with Crippen LogP contribution in [0.4, 0.5) is 4.39 Å². The van der Waals surface area contributed by atoms with E-state index in [1.807, 2.05) is 6.07 Å². The molecule has 1 fully saturated rings. The first-order chi connectivity index (χ1) is 13.9. The third-order valence-corrected chi connectivity index (χ3v) is 8.33. The topological polar surface area (TPSA) is 73.8 Å². The Kier molecular flexibility index (Phi) is 7.26. The largest absolute Gasteiger partial charge is 0.352 e. The van der Waals surface area contributed by atoms with Crippen molar-refractivity contribution in [3.05, 3.63) is 52.2 Å². The van der Waals surface area contributed by atoms with Gasteiger partial charge in [-0.15, -0.1) is 11.3 Å². The van der Waals surface area contributed by atoms with Crippen molar-refractivity contribution in [3.8, 4) is 0 Å². The van der Waals surface area contributed by atoms with Gasteiger partial charge in [-0.1, -0.05) is 18.6 Å². The zero-order valence-electron chi connectivity index (χ0n) is 16.7. The Morgan fingerprint density at radius 3 is 2.55 bits per heavy atom. The molecule has 1 aliphatic heterocycles. The Morgan fingerprint density at radius 2 is 1.86 bits per heavy atom. The molecule has 1 aromatic carbocycles. The molecule has 0 saturated carbocycles. The molecule has 2 heterocycles. The molecule has 6 nitrogen and oxygen atoms in total. The molecule has 0 unspecified atom stereocenters. The van der Waals surface area contributed by atoms with Gasteiger partial charge in [0.2, 0.25) is 0 Å². The quantitative estimate of drug-likeness (QED) is 0.536. The van der Waals surface area contributed by atoms with Crippen LogP contribution in [0.15, 0.2) is 39.5 Å². The Bertz CT molecular complexity index is 967. The summed E-state index contributed by atoms with van der Waals surface area (Å²) < 4.78 is 40.9. The fraction of sp³-hybridized carbons (Fsp3) is 0.450. The Hall–Kier alpha value is -1.97. The van der Waals surface area contributed by atoms with E-state index in [2.05, 4.69) is 15.6 Å². The number of guanidine groups is 1. The van der Waals surface area contributed by atoms with Crippen LogP contribution in [0, 0.1) is 12.7 Å². The Morgan fingerprint density at radius 1 is 1.14 bits per heavy atom. The lowest BCUT2D eigenvalue weighted by Crippen LogP contribution is -2.36. The van der Waals surface area contributed by atoms with Gasteiger partial charge >= 0.3 is 0 Å². The van der Waals surface area contributed by atoms with Gasteiger partial charge in [-0.05, 0) is 49.1 Å². The zero-order chi connectivity index (χ0) is 20.9. The van der Waals surface area contributed by atoms with Crippen LogP contribution < -0.4 is 10.6 Å². The highest BCUT2D eigenvalue weighted by Crippen LogP contribution is 2.27. The minimum atomic E-state index is -3.39. The number of nitrogens with zero attached hydrogens (tertiary/aromatic N) is 2. The van der Waals surface area contributed by atoms with Crippen LogP contribution in [0.5, 0.6) is 0 Å². The Labute approximate surface area is 175 Å². The lowest BCUT2D eigenvalue weighted by molar-refractivity contribution is 0.347. The molecule has 1 aliphatic rings. The molecule has 0 atom stereocenters. The number of nitrogens with one attached hydrogen (secondary N) is 2. The molecule has 2 aromatic rings. The molecule has 9 heteroatoms. The normalized spacial score (nSPS) is 16.0. The van der Waals surface area contributed by atoms with E-state index >= 15 is 0 Å². The molecule has 29 heavy (non-hydrogen) atoms. The first-order valence-electron chi connectivity index (χ1n) is 9.68. The summed E-state index contributed by atoms with van der Waals surface area (Å²) in [5.74, 6) is 0.380. The highest BCUT2D eigenvalue weighted by atomic mass is 32.2. The monoisotopic (exact) mass is 438 g/mol. The summed E-state index contributed by atoms with van der Waals surface area (Å²) in [6.07, 6.45) is 2.94. The van der Waals surface area contributed by atoms with Crippen molar-refractivity contribution in [2.75, 3.05) is 20.1 Å². The number of aryl methyl sites for hydroxylation is 1. The minimum absolute atomic E-state index is 0.218. The number of benzene rings is 1. The van der Waals surface area contributed by atoms with Gasteiger partial charge < -0.3 is 10.6 Å². The van der Waals surface area contributed by atoms with Crippen molar-refractivity contribution in [3.63, 3.8) is 0 Å². The molecule has 1 aromatic heterocycles. The van der Waals surface area contributed by atoms with Crippen LogP contribution in [-0.4, -0.2) is 38.8 Å². The van der Waals surface area contributed by atoms with Gasteiger partial charge in [0.1, 0.15) is 10.0 Å². The minimum Gasteiger partial charge on any atom is -0.352 e. The van der Waals surface area contributed by atoms with E-state index in [1.54, 1.807) is 36.5 Å². The molecule has 1 saturated heterocycles. The van der Waals surface area contributed by atoms with Gasteiger partial charge in [-0.25, -0.2) is 12.8 Å². The number of piperidine rings is 1. The third kappa shape index (κ3) is 5.55. The SMILES string of the molecule is CN=C(NCc1ccc(F)c(C)c1)NCc1ccc(S(=O)(=O)N2CCCCC2)s1. The number of halogens is 1. The van der Waals surface area contributed by atoms with Crippen LogP contribution in [0.3, 0.4) is 0 Å². The van der Waals surface area contributed by atoms with Crippen molar-refractivity contribution in [1.29, 1.82) is 0 Å². The first kappa shape index (κ1) is 21.7. The maximum absolute atomic E-state index is 13.4.